The lowest BCUT2D eigenvalue weighted by Gasteiger charge is -2.16. The molecule has 0 aromatic heterocycles. The van der Waals surface area contributed by atoms with E-state index in [0.717, 1.165) is 5.56 Å². The van der Waals surface area contributed by atoms with Crippen LogP contribution in [0.3, 0.4) is 0 Å². The fraction of sp³-hybridized carbons (Fsp3) is 0.400. The van der Waals surface area contributed by atoms with Crippen molar-refractivity contribution >= 4 is 5.91 Å². The topological polar surface area (TPSA) is 47.6 Å². The van der Waals surface area contributed by atoms with Crippen molar-refractivity contribution < 1.29 is 27.4 Å². The Balaban J connectivity index is 2.26. The van der Waals surface area contributed by atoms with Crippen molar-refractivity contribution in [2.45, 2.75) is 24.7 Å². The van der Waals surface area contributed by atoms with Crippen molar-refractivity contribution in [3.8, 4) is 5.75 Å². The first-order valence-electron chi connectivity index (χ1n) is 6.64. The molecule has 1 N–H and O–H groups in total. The van der Waals surface area contributed by atoms with Crippen LogP contribution in [0.25, 0.3) is 0 Å². The van der Waals surface area contributed by atoms with Crippen molar-refractivity contribution in [3.05, 3.63) is 42.0 Å². The van der Waals surface area contributed by atoms with Gasteiger partial charge in [0, 0.05) is 6.42 Å². The Morgan fingerprint density at radius 3 is 2.77 bits per heavy atom. The van der Waals surface area contributed by atoms with Gasteiger partial charge in [0.1, 0.15) is 5.75 Å². The highest BCUT2D eigenvalue weighted by Gasteiger charge is 2.42. The quantitative estimate of drug-likeness (QED) is 0.850. The van der Waals surface area contributed by atoms with Crippen LogP contribution in [0, 0.1) is 0 Å². The van der Waals surface area contributed by atoms with Gasteiger partial charge in [-0.25, -0.2) is 0 Å². The van der Waals surface area contributed by atoms with E-state index in [-0.39, 0.29) is 13.0 Å². The maximum atomic E-state index is 12.4. The number of hydrogen-bond donors (Lipinski definition) is 1. The lowest BCUT2D eigenvalue weighted by Crippen LogP contribution is -2.38. The number of carbonyl (C=O) groups excluding carboxylic acids is 1. The van der Waals surface area contributed by atoms with E-state index >= 15 is 0 Å². The van der Waals surface area contributed by atoms with E-state index in [1.807, 2.05) is 5.32 Å². The Morgan fingerprint density at radius 2 is 2.18 bits per heavy atom. The van der Waals surface area contributed by atoms with Gasteiger partial charge >= 0.3 is 12.1 Å². The van der Waals surface area contributed by atoms with Gasteiger partial charge in [0.05, 0.1) is 25.9 Å². The molecule has 1 aromatic rings. The van der Waals surface area contributed by atoms with Crippen molar-refractivity contribution in [2.75, 3.05) is 13.7 Å². The van der Waals surface area contributed by atoms with Crippen LogP contribution in [0.2, 0.25) is 0 Å². The lowest BCUT2D eigenvalue weighted by molar-refractivity contribution is -0.174. The Hall–Kier alpha value is -2.02. The molecular formula is C15H16F3NO3. The van der Waals surface area contributed by atoms with Crippen LogP contribution in [0.15, 0.2) is 30.9 Å². The Morgan fingerprint density at radius 1 is 1.45 bits per heavy atom. The zero-order valence-electron chi connectivity index (χ0n) is 11.9. The molecular weight excluding hydrogens is 299 g/mol. The predicted molar refractivity (Wildman–Crippen MR) is 73.4 cm³/mol. The monoisotopic (exact) mass is 315 g/mol. The highest BCUT2D eigenvalue weighted by Crippen LogP contribution is 2.42. The van der Waals surface area contributed by atoms with Crippen LogP contribution in [-0.4, -0.2) is 25.8 Å². The normalized spacial score (nSPS) is 20.4. The molecule has 0 saturated carbocycles. The molecule has 22 heavy (non-hydrogen) atoms. The molecule has 0 spiro atoms. The van der Waals surface area contributed by atoms with Gasteiger partial charge in [-0.05, 0) is 23.3 Å². The summed E-state index contributed by atoms with van der Waals surface area (Å²) in [5.74, 6) is -1.45. The highest BCUT2D eigenvalue weighted by molar-refractivity contribution is 5.82. The predicted octanol–water partition coefficient (Wildman–Crippen LogP) is 3.06. The number of methoxy groups -OCH3 is 1. The number of halogens is 3. The van der Waals surface area contributed by atoms with Crippen LogP contribution >= 0.6 is 0 Å². The summed E-state index contributed by atoms with van der Waals surface area (Å²) in [6, 6.07) is 4.29. The van der Waals surface area contributed by atoms with Crippen molar-refractivity contribution in [3.63, 3.8) is 0 Å². The molecule has 1 aliphatic rings. The molecule has 7 heteroatoms. The van der Waals surface area contributed by atoms with Crippen LogP contribution in [-0.2, 0) is 9.53 Å². The van der Waals surface area contributed by atoms with Gasteiger partial charge in [-0.3, -0.25) is 4.79 Å². The minimum Gasteiger partial charge on any atom is -0.497 e. The largest absolute Gasteiger partial charge is 0.497 e. The third kappa shape index (κ3) is 3.41. The number of nitrogens with one attached hydrogen (secondary N) is 1. The number of amides is 1. The Kier molecular flexibility index (Phi) is 4.75. The van der Waals surface area contributed by atoms with E-state index in [9.17, 15) is 18.0 Å². The van der Waals surface area contributed by atoms with E-state index in [1.54, 1.807) is 24.3 Å². The second-order valence-electron chi connectivity index (χ2n) is 4.87. The first-order valence-corrected chi connectivity index (χ1v) is 6.64. The van der Waals surface area contributed by atoms with Gasteiger partial charge in [-0.2, -0.15) is 13.2 Å². The van der Waals surface area contributed by atoms with Crippen molar-refractivity contribution in [2.24, 2.45) is 0 Å². The van der Waals surface area contributed by atoms with Gasteiger partial charge in [0.25, 0.3) is 0 Å². The molecule has 0 aliphatic heterocycles. The van der Waals surface area contributed by atoms with E-state index in [4.69, 9.17) is 9.47 Å². The summed E-state index contributed by atoms with van der Waals surface area (Å²) < 4.78 is 48.0. The van der Waals surface area contributed by atoms with Crippen LogP contribution in [0.4, 0.5) is 13.2 Å². The number of ether oxygens (including phenoxy) is 2. The second-order valence-corrected chi connectivity index (χ2v) is 4.87. The summed E-state index contributed by atoms with van der Waals surface area (Å²) in [4.78, 5) is 11.2. The molecule has 0 heterocycles. The molecule has 0 saturated heterocycles. The molecule has 120 valence electrons. The molecule has 4 nitrogen and oxygen atoms in total. The fourth-order valence-corrected chi connectivity index (χ4v) is 2.46. The van der Waals surface area contributed by atoms with Gasteiger partial charge in [0.2, 0.25) is 0 Å². The highest BCUT2D eigenvalue weighted by atomic mass is 19.4. The average Bonchev–Trinajstić information content (AvgIpc) is 2.81. The first kappa shape index (κ1) is 16.4. The molecule has 0 fully saturated rings. The van der Waals surface area contributed by atoms with Gasteiger partial charge in [0.15, 0.2) is 0 Å². The van der Waals surface area contributed by atoms with Gasteiger partial charge in [-0.1, -0.05) is 12.1 Å². The van der Waals surface area contributed by atoms with Crippen LogP contribution in [0.1, 0.15) is 29.7 Å². The van der Waals surface area contributed by atoms with E-state index < -0.39 is 24.2 Å². The molecule has 1 aromatic carbocycles. The second kappa shape index (κ2) is 6.39. The number of fused-ring (bicyclic) bond motifs is 1. The summed E-state index contributed by atoms with van der Waals surface area (Å²) in [6.07, 6.45) is -3.51. The van der Waals surface area contributed by atoms with E-state index in [0.29, 0.717) is 11.3 Å². The third-order valence-electron chi connectivity index (χ3n) is 3.44. The summed E-state index contributed by atoms with van der Waals surface area (Å²) in [5, 5.41) is 2.01. The molecule has 2 atom stereocenters. The van der Waals surface area contributed by atoms with Crippen LogP contribution < -0.4 is 10.1 Å². The number of hydrogen-bond acceptors (Lipinski definition) is 3. The summed E-state index contributed by atoms with van der Waals surface area (Å²) in [7, 11) is 1.46. The van der Waals surface area contributed by atoms with E-state index in [1.165, 1.54) is 7.11 Å². The molecule has 2 rings (SSSR count). The SMILES string of the molecule is C=CCO[C@@H]1C[C@@H](NC(=O)C(F)(F)F)c2cc(OC)ccc21. The zero-order chi connectivity index (χ0) is 16.3. The van der Waals surface area contributed by atoms with Crippen molar-refractivity contribution in [1.82, 2.24) is 5.32 Å². The standard InChI is InChI=1S/C15H16F3NO3/c1-3-6-22-13-8-12(19-14(20)15(16,17)18)11-7-9(21-2)4-5-10(11)13/h3-5,7,12-13H,1,6,8H2,2H3,(H,19,20)/t12-,13-/m1/s1. The number of rotatable bonds is 5. The zero-order valence-corrected chi connectivity index (χ0v) is 11.9. The van der Waals surface area contributed by atoms with Crippen molar-refractivity contribution in [1.29, 1.82) is 0 Å². The maximum Gasteiger partial charge on any atom is 0.471 e. The average molecular weight is 315 g/mol. The lowest BCUT2D eigenvalue weighted by atomic mass is 10.1. The number of carbonyl (C=O) groups is 1. The molecule has 0 bridgehead atoms. The molecule has 0 radical (unpaired) electrons. The van der Waals surface area contributed by atoms with E-state index in [2.05, 4.69) is 6.58 Å². The third-order valence-corrected chi connectivity index (χ3v) is 3.44. The number of benzene rings is 1. The first-order chi connectivity index (χ1) is 10.4. The summed E-state index contributed by atoms with van der Waals surface area (Å²) in [5.41, 5.74) is 1.32. The molecule has 0 unspecified atom stereocenters. The van der Waals surface area contributed by atoms with Gasteiger partial charge < -0.3 is 14.8 Å². The minimum atomic E-state index is -4.92. The summed E-state index contributed by atoms with van der Waals surface area (Å²) >= 11 is 0. The maximum absolute atomic E-state index is 12.4. The van der Waals surface area contributed by atoms with Gasteiger partial charge in [-0.15, -0.1) is 6.58 Å². The van der Waals surface area contributed by atoms with Crippen LogP contribution in [0.5, 0.6) is 5.75 Å². The molecule has 1 amide bonds. The summed E-state index contributed by atoms with van der Waals surface area (Å²) in [6.45, 7) is 3.82. The smallest absolute Gasteiger partial charge is 0.471 e. The fourth-order valence-electron chi connectivity index (χ4n) is 2.46. The minimum absolute atomic E-state index is 0.234. The Bertz CT molecular complexity index is 572. The molecule has 1 aliphatic carbocycles. The Labute approximate surface area is 125 Å². The number of alkyl halides is 3.